The summed E-state index contributed by atoms with van der Waals surface area (Å²) in [6.07, 6.45) is 1.41. The van der Waals surface area contributed by atoms with Crippen LogP contribution < -0.4 is 10.9 Å². The van der Waals surface area contributed by atoms with Crippen LogP contribution in [-0.4, -0.2) is 40.1 Å². The molecule has 0 radical (unpaired) electrons. The molecule has 2 N–H and O–H groups in total. The molecule has 0 aliphatic rings. The van der Waals surface area contributed by atoms with E-state index in [2.05, 4.69) is 15.3 Å². The number of amides is 1. The molecule has 0 aliphatic heterocycles. The van der Waals surface area contributed by atoms with Gasteiger partial charge < -0.3 is 5.73 Å². The second-order valence-corrected chi connectivity index (χ2v) is 8.37. The van der Waals surface area contributed by atoms with E-state index in [4.69, 9.17) is 5.73 Å². The van der Waals surface area contributed by atoms with Crippen molar-refractivity contribution in [3.8, 4) is 0 Å². The van der Waals surface area contributed by atoms with Gasteiger partial charge in [0.1, 0.15) is 5.69 Å². The number of sulfone groups is 1. The lowest BCUT2D eigenvalue weighted by atomic mass is 10.1. The van der Waals surface area contributed by atoms with Crippen molar-refractivity contribution >= 4 is 38.2 Å². The van der Waals surface area contributed by atoms with Crippen LogP contribution in [0.1, 0.15) is 29.9 Å². The van der Waals surface area contributed by atoms with E-state index in [9.17, 15) is 13.2 Å². The summed E-state index contributed by atoms with van der Waals surface area (Å²) >= 11 is 0. The first-order valence-corrected chi connectivity index (χ1v) is 10.2. The first kappa shape index (κ1) is 19.7. The molecule has 1 aromatic carbocycles. The summed E-state index contributed by atoms with van der Waals surface area (Å²) < 4.78 is 41.6. The Morgan fingerprint density at radius 2 is 2.00 bits per heavy atom. The van der Waals surface area contributed by atoms with Gasteiger partial charge in [0.15, 0.2) is 21.3 Å². The Labute approximate surface area is 160 Å². The van der Waals surface area contributed by atoms with E-state index in [1.165, 1.54) is 36.0 Å². The molecule has 0 aliphatic carbocycles. The number of fused-ring (bicyclic) bond motifs is 1. The summed E-state index contributed by atoms with van der Waals surface area (Å²) in [5.74, 6) is -1.08. The summed E-state index contributed by atoms with van der Waals surface area (Å²) in [4.78, 5) is 11.9. The monoisotopic (exact) mass is 406 g/mol. The molecule has 0 bridgehead atoms. The van der Waals surface area contributed by atoms with Crippen molar-refractivity contribution in [1.29, 1.82) is 0 Å². The number of carbonyl (C=O) groups is 1. The van der Waals surface area contributed by atoms with Gasteiger partial charge in [0, 0.05) is 18.0 Å². The Hall–Kier alpha value is -3.08. The van der Waals surface area contributed by atoms with Crippen LogP contribution in [0.3, 0.4) is 0 Å². The van der Waals surface area contributed by atoms with Crippen LogP contribution in [-0.2, 0) is 16.4 Å². The molecular formula is C17H19FN6O3S. The van der Waals surface area contributed by atoms with Crippen molar-refractivity contribution in [3.63, 3.8) is 0 Å². The number of halogens is 1. The Morgan fingerprint density at radius 3 is 2.61 bits per heavy atom. The standard InChI is InChI=1S/C17H19FN6O3S/c1-4-23-13(6-7-20-23)24(18)16-12-9-11(28(26,27)5-2)8-10(3)14(12)21-22-15(16)17(19)25/h6-9H,4-5H2,1-3H3,(H2,19,25). The Morgan fingerprint density at radius 1 is 1.29 bits per heavy atom. The fraction of sp³-hybridized carbons (Fsp3) is 0.294. The van der Waals surface area contributed by atoms with E-state index in [0.717, 1.165) is 0 Å². The van der Waals surface area contributed by atoms with Crippen LogP contribution in [0.5, 0.6) is 0 Å². The fourth-order valence-corrected chi connectivity index (χ4v) is 3.88. The number of hydrogen-bond acceptors (Lipinski definition) is 7. The number of carbonyl (C=O) groups excluding carboxylic acids is 1. The average Bonchev–Trinajstić information content (AvgIpc) is 3.15. The second-order valence-electron chi connectivity index (χ2n) is 6.09. The molecule has 0 spiro atoms. The first-order chi connectivity index (χ1) is 13.2. The lowest BCUT2D eigenvalue weighted by Crippen LogP contribution is -2.21. The van der Waals surface area contributed by atoms with Gasteiger partial charge in [0.25, 0.3) is 5.91 Å². The van der Waals surface area contributed by atoms with Crippen molar-refractivity contribution in [2.45, 2.75) is 32.2 Å². The molecule has 11 heteroatoms. The highest BCUT2D eigenvalue weighted by atomic mass is 32.2. The number of anilines is 2. The lowest BCUT2D eigenvalue weighted by Gasteiger charge is -2.19. The Balaban J connectivity index is 2.41. The summed E-state index contributed by atoms with van der Waals surface area (Å²) in [6.45, 7) is 5.30. The quantitative estimate of drug-likeness (QED) is 0.621. The number of aryl methyl sites for hydroxylation is 2. The molecular weight excluding hydrogens is 387 g/mol. The first-order valence-electron chi connectivity index (χ1n) is 8.52. The number of aromatic nitrogens is 4. The minimum Gasteiger partial charge on any atom is -0.364 e. The van der Waals surface area contributed by atoms with Gasteiger partial charge in [-0.1, -0.05) is 11.4 Å². The maximum atomic E-state index is 15.5. The molecule has 1 amide bonds. The van der Waals surface area contributed by atoms with Crippen LogP contribution >= 0.6 is 0 Å². The Bertz CT molecular complexity index is 1180. The maximum absolute atomic E-state index is 15.5. The number of hydrogen-bond donors (Lipinski definition) is 1. The predicted octanol–water partition coefficient (Wildman–Crippen LogP) is 2.07. The number of rotatable bonds is 6. The van der Waals surface area contributed by atoms with Crippen molar-refractivity contribution < 1.29 is 17.7 Å². The van der Waals surface area contributed by atoms with Gasteiger partial charge >= 0.3 is 0 Å². The third-order valence-corrected chi connectivity index (χ3v) is 6.08. The lowest BCUT2D eigenvalue weighted by molar-refractivity contribution is 0.0995. The molecule has 0 unspecified atom stereocenters. The average molecular weight is 406 g/mol. The molecule has 3 aromatic rings. The molecule has 0 saturated carbocycles. The van der Waals surface area contributed by atoms with Crippen molar-refractivity contribution in [3.05, 3.63) is 35.7 Å². The molecule has 28 heavy (non-hydrogen) atoms. The van der Waals surface area contributed by atoms with Gasteiger partial charge in [-0.05, 0) is 31.5 Å². The highest BCUT2D eigenvalue weighted by molar-refractivity contribution is 7.91. The molecule has 0 atom stereocenters. The van der Waals surface area contributed by atoms with Crippen molar-refractivity contribution in [1.82, 2.24) is 20.0 Å². The summed E-state index contributed by atoms with van der Waals surface area (Å²) in [5, 5.41) is 12.1. The van der Waals surface area contributed by atoms with Crippen molar-refractivity contribution in [2.75, 3.05) is 10.9 Å². The van der Waals surface area contributed by atoms with Crippen LogP contribution in [0.4, 0.5) is 16.0 Å². The second kappa shape index (κ2) is 7.15. The van der Waals surface area contributed by atoms with Crippen LogP contribution in [0, 0.1) is 6.92 Å². The van der Waals surface area contributed by atoms with Crippen LogP contribution in [0.25, 0.3) is 10.9 Å². The molecule has 2 heterocycles. The zero-order valence-corrected chi connectivity index (χ0v) is 16.4. The van der Waals surface area contributed by atoms with Gasteiger partial charge in [0.2, 0.25) is 0 Å². The van der Waals surface area contributed by atoms with E-state index in [0.29, 0.717) is 12.1 Å². The van der Waals surface area contributed by atoms with E-state index in [-0.39, 0.29) is 38.2 Å². The largest absolute Gasteiger partial charge is 0.364 e. The number of benzene rings is 1. The third-order valence-electron chi connectivity index (χ3n) is 4.37. The topological polar surface area (TPSA) is 124 Å². The number of primary amides is 1. The highest BCUT2D eigenvalue weighted by Gasteiger charge is 2.26. The summed E-state index contributed by atoms with van der Waals surface area (Å²) in [6, 6.07) is 4.15. The van der Waals surface area contributed by atoms with Crippen LogP contribution in [0.2, 0.25) is 0 Å². The molecule has 2 aromatic heterocycles. The zero-order chi connectivity index (χ0) is 20.6. The van der Waals surface area contributed by atoms with Gasteiger partial charge in [-0.25, -0.2) is 13.1 Å². The molecule has 9 nitrogen and oxygen atoms in total. The smallest absolute Gasteiger partial charge is 0.271 e. The highest BCUT2D eigenvalue weighted by Crippen LogP contribution is 2.36. The number of nitrogens with two attached hydrogens (primary N) is 1. The Kier molecular flexibility index (Phi) is 5.02. The van der Waals surface area contributed by atoms with Crippen LogP contribution in [0.15, 0.2) is 29.3 Å². The van der Waals surface area contributed by atoms with E-state index in [1.54, 1.807) is 13.8 Å². The fourth-order valence-electron chi connectivity index (χ4n) is 2.90. The SMILES string of the molecule is CCn1nccc1N(F)c1c(C(N)=O)nnc2c(C)cc(S(=O)(=O)CC)cc12. The minimum absolute atomic E-state index is 0.00192. The van der Waals surface area contributed by atoms with E-state index >= 15 is 4.48 Å². The molecule has 0 saturated heterocycles. The molecule has 0 fully saturated rings. The van der Waals surface area contributed by atoms with Gasteiger partial charge in [-0.2, -0.15) is 10.2 Å². The number of nitrogens with zero attached hydrogens (tertiary/aromatic N) is 5. The van der Waals surface area contributed by atoms with Gasteiger partial charge in [0.05, 0.1) is 22.4 Å². The van der Waals surface area contributed by atoms with E-state index in [1.807, 2.05) is 0 Å². The van der Waals surface area contributed by atoms with Crippen molar-refractivity contribution in [2.24, 2.45) is 5.73 Å². The van der Waals surface area contributed by atoms with E-state index < -0.39 is 21.4 Å². The maximum Gasteiger partial charge on any atom is 0.271 e. The summed E-state index contributed by atoms with van der Waals surface area (Å²) in [5.41, 5.74) is 5.44. The normalized spacial score (nSPS) is 11.7. The zero-order valence-electron chi connectivity index (χ0n) is 15.5. The molecule has 148 valence electrons. The molecule has 3 rings (SSSR count). The third kappa shape index (κ3) is 3.17. The summed E-state index contributed by atoms with van der Waals surface area (Å²) in [7, 11) is -3.58. The van der Waals surface area contributed by atoms with Gasteiger partial charge in [-0.3, -0.25) is 4.79 Å². The van der Waals surface area contributed by atoms with Gasteiger partial charge in [-0.15, -0.1) is 10.2 Å². The minimum atomic E-state index is -3.58. The predicted molar refractivity (Wildman–Crippen MR) is 102 cm³/mol.